The summed E-state index contributed by atoms with van der Waals surface area (Å²) in [5, 5.41) is 7.14. The van der Waals surface area contributed by atoms with E-state index in [0.29, 0.717) is 44.4 Å². The lowest BCUT2D eigenvalue weighted by Crippen LogP contribution is -2.54. The highest BCUT2D eigenvalue weighted by molar-refractivity contribution is 6.07. The first-order valence-corrected chi connectivity index (χ1v) is 21.4. The molecule has 1 fully saturated rings. The van der Waals surface area contributed by atoms with Crippen LogP contribution in [0.25, 0.3) is 44.2 Å². The number of hydrogen-bond acceptors (Lipinski definition) is 12. The number of likely N-dealkylation sites (tertiary alicyclic amines) is 1. The summed E-state index contributed by atoms with van der Waals surface area (Å²) in [6, 6.07) is 12.1. The lowest BCUT2D eigenvalue weighted by atomic mass is 9.92. The first-order valence-electron chi connectivity index (χ1n) is 21.4. The predicted octanol–water partition coefficient (Wildman–Crippen LogP) is 5.71. The molecule has 2 aliphatic rings. The van der Waals surface area contributed by atoms with Crippen molar-refractivity contribution < 1.29 is 47.6 Å². The van der Waals surface area contributed by atoms with Crippen molar-refractivity contribution in [1.29, 1.82) is 0 Å². The fourth-order valence-electron chi connectivity index (χ4n) is 8.69. The number of amides is 4. The summed E-state index contributed by atoms with van der Waals surface area (Å²) in [6.07, 6.45) is -0.169. The average molecular weight is 883 g/mol. The van der Waals surface area contributed by atoms with Crippen molar-refractivity contribution in [3.05, 3.63) is 65.9 Å². The molecule has 7 rings (SSSR count). The second-order valence-corrected chi connectivity index (χ2v) is 16.8. The van der Waals surface area contributed by atoms with Gasteiger partial charge in [0.05, 0.1) is 68.5 Å². The zero-order valence-corrected chi connectivity index (χ0v) is 37.8. The monoisotopic (exact) mass is 882 g/mol. The molecule has 3 aromatic carbocycles. The Kier molecular flexibility index (Phi) is 14.1. The van der Waals surface area contributed by atoms with Gasteiger partial charge in [-0.05, 0) is 78.4 Å². The van der Waals surface area contributed by atoms with Crippen LogP contribution in [0.15, 0.2) is 48.7 Å². The molecule has 4 amide bonds. The molecule has 4 heterocycles. The molecule has 18 nitrogen and oxygen atoms in total. The van der Waals surface area contributed by atoms with Crippen molar-refractivity contribution >= 4 is 45.8 Å². The maximum atomic E-state index is 14.1. The van der Waals surface area contributed by atoms with E-state index in [1.807, 2.05) is 25.1 Å². The van der Waals surface area contributed by atoms with Gasteiger partial charge in [0.1, 0.15) is 36.1 Å². The third kappa shape index (κ3) is 9.49. The van der Waals surface area contributed by atoms with Crippen molar-refractivity contribution in [2.24, 2.45) is 11.8 Å². The molecule has 7 atom stereocenters. The third-order valence-corrected chi connectivity index (χ3v) is 12.2. The number of carbonyl (C=O) groups is 4. The Bertz CT molecular complexity index is 2500. The third-order valence-electron chi connectivity index (χ3n) is 12.2. The SMILES string of the molecule is COC[C@@H](C)CN(Cc1nc2c(ccc3cc4c(cc32)OCc2cc(-c3cnc([C@@H]5C[C@H](C)CN5C(=O)[C@@H](NC(=O)OC)[C@@H](C)OC)[nH]3)ccc2-4)[nH]1)C(=O)[C@@H](NC(=O)OC)[C@@H](C)OC. The number of fused-ring (bicyclic) bond motifs is 6. The van der Waals surface area contributed by atoms with Crippen LogP contribution in [-0.4, -0.2) is 133 Å². The molecule has 2 aromatic heterocycles. The summed E-state index contributed by atoms with van der Waals surface area (Å²) in [5.74, 6) is 1.55. The zero-order chi connectivity index (χ0) is 45.8. The van der Waals surface area contributed by atoms with E-state index in [2.05, 4.69) is 51.8 Å². The minimum atomic E-state index is -0.996. The molecule has 0 radical (unpaired) electrons. The smallest absolute Gasteiger partial charge is 0.407 e. The number of carbonyl (C=O) groups excluding carboxylic acids is 4. The number of rotatable bonds is 16. The van der Waals surface area contributed by atoms with Crippen LogP contribution < -0.4 is 15.4 Å². The summed E-state index contributed by atoms with van der Waals surface area (Å²) < 4.78 is 32.3. The van der Waals surface area contributed by atoms with E-state index in [4.69, 9.17) is 38.4 Å². The number of alkyl carbamates (subject to hydrolysis) is 2. The minimum Gasteiger partial charge on any atom is -0.488 e. The van der Waals surface area contributed by atoms with Crippen LogP contribution in [0.5, 0.6) is 5.75 Å². The minimum absolute atomic E-state index is 0.0117. The number of aromatic amines is 2. The number of aromatic nitrogens is 4. The van der Waals surface area contributed by atoms with E-state index in [0.717, 1.165) is 55.5 Å². The van der Waals surface area contributed by atoms with Crippen molar-refractivity contribution in [3.63, 3.8) is 0 Å². The number of methoxy groups -OCH3 is 5. The van der Waals surface area contributed by atoms with Gasteiger partial charge < -0.3 is 58.8 Å². The Hall–Kier alpha value is -6.24. The number of imidazole rings is 2. The molecule has 0 aliphatic carbocycles. The zero-order valence-electron chi connectivity index (χ0n) is 37.8. The second-order valence-electron chi connectivity index (χ2n) is 16.8. The van der Waals surface area contributed by atoms with Crippen LogP contribution in [0.1, 0.15) is 57.4 Å². The summed E-state index contributed by atoms with van der Waals surface area (Å²) in [4.78, 5) is 72.4. The molecule has 64 heavy (non-hydrogen) atoms. The first-order chi connectivity index (χ1) is 30.8. The Morgan fingerprint density at radius 3 is 2.33 bits per heavy atom. The number of H-pyrrole nitrogens is 2. The Morgan fingerprint density at radius 2 is 1.62 bits per heavy atom. The topological polar surface area (TPSA) is 212 Å². The van der Waals surface area contributed by atoms with Crippen LogP contribution in [0.4, 0.5) is 9.59 Å². The van der Waals surface area contributed by atoms with Gasteiger partial charge >= 0.3 is 12.2 Å². The Labute approximate surface area is 371 Å². The summed E-state index contributed by atoms with van der Waals surface area (Å²) in [7, 11) is 7.09. The Balaban J connectivity index is 1.13. The second kappa shape index (κ2) is 19.7. The van der Waals surface area contributed by atoms with Gasteiger partial charge in [0, 0.05) is 45.4 Å². The van der Waals surface area contributed by atoms with E-state index in [9.17, 15) is 19.2 Å². The molecule has 342 valence electrons. The van der Waals surface area contributed by atoms with E-state index >= 15 is 0 Å². The Morgan fingerprint density at radius 1 is 0.906 bits per heavy atom. The molecule has 4 N–H and O–H groups in total. The fourth-order valence-corrected chi connectivity index (χ4v) is 8.69. The van der Waals surface area contributed by atoms with Gasteiger partial charge in [-0.1, -0.05) is 32.0 Å². The number of nitrogens with one attached hydrogen (secondary N) is 4. The van der Waals surface area contributed by atoms with Crippen LogP contribution in [0.3, 0.4) is 0 Å². The molecule has 0 unspecified atom stereocenters. The van der Waals surface area contributed by atoms with Gasteiger partial charge in [0.2, 0.25) is 11.8 Å². The summed E-state index contributed by atoms with van der Waals surface area (Å²) in [5.41, 5.74) is 6.28. The largest absolute Gasteiger partial charge is 0.488 e. The molecule has 18 heteroatoms. The van der Waals surface area contributed by atoms with Crippen LogP contribution >= 0.6 is 0 Å². The van der Waals surface area contributed by atoms with Crippen molar-refractivity contribution in [1.82, 2.24) is 40.4 Å². The van der Waals surface area contributed by atoms with E-state index in [1.165, 1.54) is 28.4 Å². The summed E-state index contributed by atoms with van der Waals surface area (Å²) in [6.45, 7) is 9.29. The van der Waals surface area contributed by atoms with Gasteiger partial charge in [-0.15, -0.1) is 0 Å². The van der Waals surface area contributed by atoms with Crippen LogP contribution in [0.2, 0.25) is 0 Å². The van der Waals surface area contributed by atoms with Gasteiger partial charge in [-0.2, -0.15) is 0 Å². The van der Waals surface area contributed by atoms with Crippen molar-refractivity contribution in [2.75, 3.05) is 55.2 Å². The maximum absolute atomic E-state index is 14.1. The van der Waals surface area contributed by atoms with Gasteiger partial charge in [0.15, 0.2) is 0 Å². The normalized spacial score (nSPS) is 18.0. The van der Waals surface area contributed by atoms with E-state index in [-0.39, 0.29) is 36.2 Å². The number of hydrogen-bond donors (Lipinski definition) is 4. The van der Waals surface area contributed by atoms with Crippen molar-refractivity contribution in [3.8, 4) is 28.1 Å². The standard InChI is InChI=1S/C46H58N8O10/c1-24-14-36(54(20-24)44(56)40(27(4)61-7)52-46(58)63-9)42-47-18-35(49-42)29-10-12-31-30(15-29)23-64-37-17-32-28(16-33(31)37)11-13-34-41(32)50-38(48-34)21-53(19-25(2)22-59-5)43(55)39(26(3)60-6)51-45(57)62-8/h10-13,15-18,24-27,36,39-40H,14,19-23H2,1-9H3,(H,47,49)(H,48,50)(H,51,57)(H,52,58)/t24-,25-,26+,27+,36-,39-,40-/m0/s1. The summed E-state index contributed by atoms with van der Waals surface area (Å²) >= 11 is 0. The molecular formula is C46H58N8O10. The van der Waals surface area contributed by atoms with Gasteiger partial charge in [-0.25, -0.2) is 19.6 Å². The van der Waals surface area contributed by atoms with Crippen molar-refractivity contribution in [2.45, 2.75) is 77.6 Å². The number of benzene rings is 3. The predicted molar refractivity (Wildman–Crippen MR) is 237 cm³/mol. The fraction of sp³-hybridized carbons (Fsp3) is 0.478. The molecule has 0 bridgehead atoms. The van der Waals surface area contributed by atoms with Gasteiger partial charge in [-0.3, -0.25) is 9.59 Å². The lowest BCUT2D eigenvalue weighted by Gasteiger charge is -2.31. The van der Waals surface area contributed by atoms with Crippen LogP contribution in [0, 0.1) is 11.8 Å². The lowest BCUT2D eigenvalue weighted by molar-refractivity contribution is -0.138. The van der Waals surface area contributed by atoms with E-state index < -0.39 is 36.5 Å². The molecule has 2 aliphatic heterocycles. The van der Waals surface area contributed by atoms with Gasteiger partial charge in [0.25, 0.3) is 0 Å². The first kappa shape index (κ1) is 45.8. The molecule has 1 saturated heterocycles. The molecular weight excluding hydrogens is 825 g/mol. The maximum Gasteiger partial charge on any atom is 0.407 e. The highest BCUT2D eigenvalue weighted by atomic mass is 16.5. The highest BCUT2D eigenvalue weighted by Gasteiger charge is 2.41. The molecule has 0 saturated carbocycles. The average Bonchev–Trinajstić information content (AvgIpc) is 4.06. The number of nitrogens with zero attached hydrogens (tertiary/aromatic N) is 4. The van der Waals surface area contributed by atoms with Crippen LogP contribution in [-0.2, 0) is 46.4 Å². The van der Waals surface area contributed by atoms with E-state index in [1.54, 1.807) is 37.0 Å². The quantitative estimate of drug-likeness (QED) is 0.0940. The molecule has 5 aromatic rings. The molecule has 0 spiro atoms. The highest BCUT2D eigenvalue weighted by Crippen LogP contribution is 2.43. The number of ether oxygens (including phenoxy) is 6.